The highest BCUT2D eigenvalue weighted by Crippen LogP contribution is 2.53. The van der Waals surface area contributed by atoms with E-state index in [9.17, 15) is 0 Å². The van der Waals surface area contributed by atoms with E-state index in [0.29, 0.717) is 5.92 Å². The number of hydrogen-bond acceptors (Lipinski definition) is 4. The van der Waals surface area contributed by atoms with Crippen LogP contribution in [0.15, 0.2) is 48.2 Å². The number of aromatic nitrogens is 3. The van der Waals surface area contributed by atoms with Gasteiger partial charge in [-0.25, -0.2) is 4.98 Å². The van der Waals surface area contributed by atoms with Crippen molar-refractivity contribution in [1.29, 1.82) is 0 Å². The molecule has 4 heterocycles. The lowest BCUT2D eigenvalue weighted by atomic mass is 9.71. The maximum Gasteiger partial charge on any atom is 0.155 e. The third-order valence-corrected chi connectivity index (χ3v) is 8.32. The molecule has 0 spiro atoms. The van der Waals surface area contributed by atoms with Gasteiger partial charge in [0.05, 0.1) is 46.6 Å². The van der Waals surface area contributed by atoms with Crippen LogP contribution in [0.25, 0.3) is 5.65 Å². The minimum absolute atomic E-state index is 0.313. The fraction of sp³-hybridized carbons (Fsp3) is 0.538. The Morgan fingerprint density at radius 2 is 2.03 bits per heavy atom. The molecule has 0 amide bonds. The molecule has 6 heteroatoms. The smallest absolute Gasteiger partial charge is 0.155 e. The molecule has 2 atom stereocenters. The van der Waals surface area contributed by atoms with Crippen LogP contribution in [0.1, 0.15) is 63.5 Å². The highest BCUT2D eigenvalue weighted by Gasteiger charge is 2.52. The minimum atomic E-state index is -0.549. The topological polar surface area (TPSA) is 36.7 Å². The Hall–Kier alpha value is -2.27. The van der Waals surface area contributed by atoms with E-state index in [-0.39, 0.29) is 5.41 Å². The molecule has 2 aliphatic heterocycles. The van der Waals surface area contributed by atoms with Gasteiger partial charge in [-0.05, 0) is 39.0 Å². The van der Waals surface area contributed by atoms with Crippen LogP contribution >= 0.6 is 11.6 Å². The Kier molecular flexibility index (Phi) is 4.36. The molecule has 4 aliphatic rings. The Balaban J connectivity index is 1.54. The highest BCUT2D eigenvalue weighted by atomic mass is 35.5. The number of aryl methyl sites for hydroxylation is 1. The standard InChI is InChI=1S/C26H32ClN5/c1-5-7-19-15-32-20-16-30-12-13-31(17(2)18-8-6-9-18)24-23(30)25(3,10-11-26(24,4)27)22(20)29-21(32)14-28-19/h10-11,14-15,18H,2,5-9,12-13,16H2,1,3-4H3. The van der Waals surface area contributed by atoms with Gasteiger partial charge in [-0.3, -0.25) is 9.38 Å². The van der Waals surface area contributed by atoms with Gasteiger partial charge in [0.25, 0.3) is 0 Å². The van der Waals surface area contributed by atoms with E-state index >= 15 is 0 Å². The van der Waals surface area contributed by atoms with Crippen molar-refractivity contribution in [2.75, 3.05) is 13.1 Å². The second kappa shape index (κ2) is 6.86. The first-order valence-electron chi connectivity index (χ1n) is 12.1. The molecule has 32 heavy (non-hydrogen) atoms. The number of hydrogen-bond donors (Lipinski definition) is 0. The molecule has 168 valence electrons. The summed E-state index contributed by atoms with van der Waals surface area (Å²) >= 11 is 7.20. The monoisotopic (exact) mass is 449 g/mol. The average Bonchev–Trinajstić information content (AvgIpc) is 3.09. The Bertz CT molecular complexity index is 1180. The summed E-state index contributed by atoms with van der Waals surface area (Å²) in [5.74, 6) is 0.594. The summed E-state index contributed by atoms with van der Waals surface area (Å²) in [6, 6.07) is 0. The summed E-state index contributed by atoms with van der Waals surface area (Å²) in [7, 11) is 0. The van der Waals surface area contributed by atoms with Crippen LogP contribution in [0, 0.1) is 5.92 Å². The lowest BCUT2D eigenvalue weighted by Crippen LogP contribution is -2.55. The van der Waals surface area contributed by atoms with Gasteiger partial charge < -0.3 is 9.80 Å². The van der Waals surface area contributed by atoms with Crippen molar-refractivity contribution in [3.8, 4) is 0 Å². The predicted octanol–water partition coefficient (Wildman–Crippen LogP) is 5.16. The first-order valence-corrected chi connectivity index (χ1v) is 12.4. The van der Waals surface area contributed by atoms with Gasteiger partial charge in [-0.15, -0.1) is 11.6 Å². The second-order valence-electron chi connectivity index (χ2n) is 10.3. The molecule has 0 bridgehead atoms. The maximum atomic E-state index is 7.20. The van der Waals surface area contributed by atoms with Gasteiger partial charge in [0, 0.05) is 25.0 Å². The molecular weight excluding hydrogens is 418 g/mol. The first-order chi connectivity index (χ1) is 15.3. The fourth-order valence-corrected chi connectivity index (χ4v) is 6.30. The van der Waals surface area contributed by atoms with Crippen LogP contribution in [-0.4, -0.2) is 42.1 Å². The molecule has 1 saturated carbocycles. The summed E-state index contributed by atoms with van der Waals surface area (Å²) < 4.78 is 2.27. The highest BCUT2D eigenvalue weighted by molar-refractivity contribution is 6.27. The van der Waals surface area contributed by atoms with Gasteiger partial charge in [-0.1, -0.05) is 38.5 Å². The summed E-state index contributed by atoms with van der Waals surface area (Å²) in [5, 5.41) is 0. The van der Waals surface area contributed by atoms with Crippen molar-refractivity contribution in [3.63, 3.8) is 0 Å². The van der Waals surface area contributed by atoms with Gasteiger partial charge in [0.15, 0.2) is 5.65 Å². The van der Waals surface area contributed by atoms with E-state index in [4.69, 9.17) is 16.6 Å². The molecule has 1 fully saturated rings. The first kappa shape index (κ1) is 20.3. The molecule has 5 nitrogen and oxygen atoms in total. The number of nitrogens with zero attached hydrogens (tertiary/aromatic N) is 5. The number of alkyl halides is 1. The normalized spacial score (nSPS) is 29.2. The quantitative estimate of drug-likeness (QED) is 0.477. The lowest BCUT2D eigenvalue weighted by Gasteiger charge is -2.54. The lowest BCUT2D eigenvalue weighted by molar-refractivity contribution is 0.169. The van der Waals surface area contributed by atoms with E-state index < -0.39 is 4.87 Å². The average molecular weight is 450 g/mol. The van der Waals surface area contributed by atoms with Crippen molar-refractivity contribution >= 4 is 17.2 Å². The number of imidazole rings is 1. The molecule has 6 rings (SSSR count). The number of halogens is 1. The Labute approximate surface area is 195 Å². The third kappa shape index (κ3) is 2.70. The molecule has 2 aromatic rings. The van der Waals surface area contributed by atoms with Crippen LogP contribution in [0.3, 0.4) is 0 Å². The number of allylic oxidation sites excluding steroid dienone is 3. The molecule has 0 N–H and O–H groups in total. The third-order valence-electron chi connectivity index (χ3n) is 8.01. The van der Waals surface area contributed by atoms with Crippen LogP contribution < -0.4 is 0 Å². The largest absolute Gasteiger partial charge is 0.365 e. The van der Waals surface area contributed by atoms with Crippen LogP contribution in [0.4, 0.5) is 0 Å². The Morgan fingerprint density at radius 1 is 1.22 bits per heavy atom. The van der Waals surface area contributed by atoms with Crippen LogP contribution in [-0.2, 0) is 18.4 Å². The van der Waals surface area contributed by atoms with E-state index in [1.165, 1.54) is 42.0 Å². The maximum absolute atomic E-state index is 7.20. The van der Waals surface area contributed by atoms with Crippen LogP contribution in [0.2, 0.25) is 0 Å². The van der Waals surface area contributed by atoms with Crippen LogP contribution in [0.5, 0.6) is 0 Å². The van der Waals surface area contributed by atoms with E-state index in [2.05, 4.69) is 64.9 Å². The van der Waals surface area contributed by atoms with E-state index in [1.54, 1.807) is 0 Å². The number of fused-ring (bicyclic) bond motifs is 4. The molecule has 2 aromatic heterocycles. The molecule has 0 aromatic carbocycles. The molecule has 0 saturated heterocycles. The van der Waals surface area contributed by atoms with Gasteiger partial charge in [-0.2, -0.15) is 0 Å². The predicted molar refractivity (Wildman–Crippen MR) is 128 cm³/mol. The van der Waals surface area contributed by atoms with Gasteiger partial charge in [0.2, 0.25) is 0 Å². The van der Waals surface area contributed by atoms with Crippen molar-refractivity contribution in [2.45, 2.75) is 69.7 Å². The fourth-order valence-electron chi connectivity index (χ4n) is 6.05. The van der Waals surface area contributed by atoms with E-state index in [0.717, 1.165) is 49.5 Å². The van der Waals surface area contributed by atoms with Crippen molar-refractivity contribution in [3.05, 3.63) is 65.3 Å². The zero-order valence-electron chi connectivity index (χ0n) is 19.4. The zero-order valence-corrected chi connectivity index (χ0v) is 20.1. The summed E-state index contributed by atoms with van der Waals surface area (Å²) in [4.78, 5) is 14.2. The molecule has 2 unspecified atom stereocenters. The van der Waals surface area contributed by atoms with Gasteiger partial charge in [0.1, 0.15) is 4.87 Å². The minimum Gasteiger partial charge on any atom is -0.365 e. The second-order valence-corrected chi connectivity index (χ2v) is 11.0. The SMILES string of the molecule is C=C(C1CCC1)N1CCN2Cc3c(nc4cnc(CCC)cn34)C3(C)C=CC(C)(Cl)C1=C23. The molecule has 2 aliphatic carbocycles. The zero-order chi connectivity index (χ0) is 22.3. The molecular formula is C26H32ClN5. The summed E-state index contributed by atoms with van der Waals surface area (Å²) in [5.41, 5.74) is 7.92. The summed E-state index contributed by atoms with van der Waals surface area (Å²) in [6.07, 6.45) is 14.5. The van der Waals surface area contributed by atoms with Crippen molar-refractivity contribution < 1.29 is 0 Å². The number of rotatable bonds is 4. The molecule has 0 radical (unpaired) electrons. The van der Waals surface area contributed by atoms with Crippen molar-refractivity contribution in [1.82, 2.24) is 24.2 Å². The van der Waals surface area contributed by atoms with E-state index in [1.807, 2.05) is 6.20 Å². The Morgan fingerprint density at radius 3 is 2.75 bits per heavy atom. The van der Waals surface area contributed by atoms with Crippen molar-refractivity contribution in [2.24, 2.45) is 5.92 Å². The summed E-state index contributed by atoms with van der Waals surface area (Å²) in [6.45, 7) is 13.9. The van der Waals surface area contributed by atoms with Gasteiger partial charge >= 0.3 is 0 Å².